The zero-order valence-corrected chi connectivity index (χ0v) is 18.4. The highest BCUT2D eigenvalue weighted by molar-refractivity contribution is 7.99. The summed E-state index contributed by atoms with van der Waals surface area (Å²) in [6, 6.07) is 10.7. The number of aromatic nitrogens is 2. The van der Waals surface area contributed by atoms with Crippen LogP contribution in [-0.2, 0) is 4.79 Å². The molecule has 152 valence electrons. The highest BCUT2D eigenvalue weighted by Gasteiger charge is 2.18. The van der Waals surface area contributed by atoms with Crippen molar-refractivity contribution in [2.24, 2.45) is 0 Å². The number of carbonyl (C=O) groups excluding carboxylic acids is 1. The Kier molecular flexibility index (Phi) is 7.05. The quantitative estimate of drug-likeness (QED) is 0.452. The van der Waals surface area contributed by atoms with E-state index in [0.717, 1.165) is 23.0 Å². The zero-order valence-electron chi connectivity index (χ0n) is 16.0. The van der Waals surface area contributed by atoms with Crippen LogP contribution in [-0.4, -0.2) is 21.9 Å². The molecule has 0 saturated heterocycles. The first-order chi connectivity index (χ1) is 13.8. The normalized spacial score (nSPS) is 11.9. The number of nitrogens with zero attached hydrogens (tertiary/aromatic N) is 2. The Balaban J connectivity index is 1.54. The molecule has 0 unspecified atom stereocenters. The molecule has 0 fully saturated rings. The lowest BCUT2D eigenvalue weighted by Crippen LogP contribution is -2.14. The van der Waals surface area contributed by atoms with E-state index in [2.05, 4.69) is 15.5 Å². The van der Waals surface area contributed by atoms with Crippen molar-refractivity contribution in [2.75, 3.05) is 11.1 Å². The first-order valence-corrected chi connectivity index (χ1v) is 10.5. The van der Waals surface area contributed by atoms with E-state index in [0.29, 0.717) is 15.8 Å². The standard InChI is InChI=1S/C20H19Cl2N3O3S/c1-11-4-6-15(8-12(11)2)23-18(26)10-29-20-25-24-19(28-20)13(3)27-17-7-5-14(21)9-16(17)22/h4-9,13H,10H2,1-3H3,(H,23,26)/t13-/m0/s1. The summed E-state index contributed by atoms with van der Waals surface area (Å²) >= 11 is 13.1. The van der Waals surface area contributed by atoms with Gasteiger partial charge in [-0.05, 0) is 62.2 Å². The number of hydrogen-bond donors (Lipinski definition) is 1. The van der Waals surface area contributed by atoms with Gasteiger partial charge in [0.05, 0.1) is 10.8 Å². The SMILES string of the molecule is Cc1ccc(NC(=O)CSc2nnc([C@H](C)Oc3ccc(Cl)cc3Cl)o2)cc1C. The fourth-order valence-corrected chi connectivity index (χ4v) is 3.42. The molecule has 9 heteroatoms. The van der Waals surface area contributed by atoms with Crippen LogP contribution < -0.4 is 10.1 Å². The summed E-state index contributed by atoms with van der Waals surface area (Å²) in [6.45, 7) is 5.79. The minimum atomic E-state index is -0.514. The molecule has 1 amide bonds. The summed E-state index contributed by atoms with van der Waals surface area (Å²) in [5, 5.41) is 12.0. The number of ether oxygens (including phenoxy) is 1. The Labute approximate surface area is 182 Å². The maximum absolute atomic E-state index is 12.2. The Morgan fingerprint density at radius 1 is 1.17 bits per heavy atom. The first-order valence-electron chi connectivity index (χ1n) is 8.77. The smallest absolute Gasteiger partial charge is 0.277 e. The van der Waals surface area contributed by atoms with Gasteiger partial charge in [0.1, 0.15) is 5.75 Å². The summed E-state index contributed by atoms with van der Waals surface area (Å²) in [5.41, 5.74) is 3.05. The van der Waals surface area contributed by atoms with Crippen LogP contribution in [0, 0.1) is 13.8 Å². The van der Waals surface area contributed by atoms with Gasteiger partial charge >= 0.3 is 0 Å². The topological polar surface area (TPSA) is 77.2 Å². The number of halogens is 2. The molecule has 3 aromatic rings. The Morgan fingerprint density at radius 2 is 1.97 bits per heavy atom. The maximum Gasteiger partial charge on any atom is 0.277 e. The number of anilines is 1. The Hall–Kier alpha value is -2.22. The van der Waals surface area contributed by atoms with Gasteiger partial charge in [-0.3, -0.25) is 4.79 Å². The summed E-state index contributed by atoms with van der Waals surface area (Å²) in [4.78, 5) is 12.2. The number of rotatable bonds is 7. The number of nitrogens with one attached hydrogen (secondary N) is 1. The van der Waals surface area contributed by atoms with Crippen LogP contribution in [0.1, 0.15) is 30.0 Å². The molecule has 3 rings (SSSR count). The fraction of sp³-hybridized carbons (Fsp3) is 0.250. The lowest BCUT2D eigenvalue weighted by Gasteiger charge is -2.12. The van der Waals surface area contributed by atoms with Gasteiger partial charge in [0, 0.05) is 10.7 Å². The number of amides is 1. The molecule has 1 atom stereocenters. The predicted octanol–water partition coefficient (Wildman–Crippen LogP) is 5.86. The van der Waals surface area contributed by atoms with E-state index in [9.17, 15) is 4.79 Å². The average molecular weight is 452 g/mol. The van der Waals surface area contributed by atoms with E-state index in [1.807, 2.05) is 32.0 Å². The third-order valence-electron chi connectivity index (χ3n) is 4.08. The van der Waals surface area contributed by atoms with E-state index >= 15 is 0 Å². The van der Waals surface area contributed by atoms with Crippen molar-refractivity contribution in [1.82, 2.24) is 10.2 Å². The molecule has 0 radical (unpaired) electrons. The minimum Gasteiger partial charge on any atom is -0.479 e. The van der Waals surface area contributed by atoms with Gasteiger partial charge in [-0.15, -0.1) is 10.2 Å². The molecule has 0 aliphatic rings. The summed E-state index contributed by atoms with van der Waals surface area (Å²) in [5.74, 6) is 0.736. The highest BCUT2D eigenvalue weighted by Crippen LogP contribution is 2.31. The minimum absolute atomic E-state index is 0.146. The molecule has 1 N–H and O–H groups in total. The maximum atomic E-state index is 12.2. The van der Waals surface area contributed by atoms with E-state index < -0.39 is 6.10 Å². The van der Waals surface area contributed by atoms with Crippen molar-refractivity contribution in [3.8, 4) is 5.75 Å². The van der Waals surface area contributed by atoms with E-state index in [1.165, 1.54) is 5.56 Å². The van der Waals surface area contributed by atoms with Crippen molar-refractivity contribution in [3.05, 3.63) is 63.5 Å². The lowest BCUT2D eigenvalue weighted by atomic mass is 10.1. The molecule has 2 aromatic carbocycles. The third-order valence-corrected chi connectivity index (χ3v) is 5.43. The molecule has 0 aliphatic carbocycles. The molecule has 1 aromatic heterocycles. The molecule has 1 heterocycles. The van der Waals surface area contributed by atoms with Crippen LogP contribution in [0.15, 0.2) is 46.0 Å². The first kappa shape index (κ1) is 21.5. The van der Waals surface area contributed by atoms with E-state index in [1.54, 1.807) is 25.1 Å². The van der Waals surface area contributed by atoms with Gasteiger partial charge in [0.25, 0.3) is 11.1 Å². The molecular formula is C20H19Cl2N3O3S. The molecular weight excluding hydrogens is 433 g/mol. The van der Waals surface area contributed by atoms with Crippen molar-refractivity contribution < 1.29 is 13.9 Å². The second kappa shape index (κ2) is 9.52. The fourth-order valence-electron chi connectivity index (χ4n) is 2.40. The van der Waals surface area contributed by atoms with Crippen molar-refractivity contribution in [2.45, 2.75) is 32.1 Å². The third kappa shape index (κ3) is 5.88. The van der Waals surface area contributed by atoms with Crippen LogP contribution in [0.3, 0.4) is 0 Å². The number of aryl methyl sites for hydroxylation is 2. The highest BCUT2D eigenvalue weighted by atomic mass is 35.5. The average Bonchev–Trinajstić information content (AvgIpc) is 3.14. The van der Waals surface area contributed by atoms with Gasteiger partial charge < -0.3 is 14.5 Å². The van der Waals surface area contributed by atoms with Gasteiger partial charge in [0.15, 0.2) is 6.10 Å². The molecule has 6 nitrogen and oxygen atoms in total. The lowest BCUT2D eigenvalue weighted by molar-refractivity contribution is -0.113. The number of carbonyl (C=O) groups is 1. The van der Waals surface area contributed by atoms with Crippen LogP contribution in [0.2, 0.25) is 10.0 Å². The van der Waals surface area contributed by atoms with Gasteiger partial charge in [-0.2, -0.15) is 0 Å². The van der Waals surface area contributed by atoms with Crippen LogP contribution in [0.25, 0.3) is 0 Å². The second-order valence-corrected chi connectivity index (χ2v) is 8.15. The van der Waals surface area contributed by atoms with Crippen molar-refractivity contribution >= 4 is 46.6 Å². The molecule has 29 heavy (non-hydrogen) atoms. The van der Waals surface area contributed by atoms with Gasteiger partial charge in [0.2, 0.25) is 5.91 Å². The number of hydrogen-bond acceptors (Lipinski definition) is 6. The summed E-state index contributed by atoms with van der Waals surface area (Å²) in [7, 11) is 0. The number of benzene rings is 2. The molecule has 0 aliphatic heterocycles. The summed E-state index contributed by atoms with van der Waals surface area (Å²) in [6.07, 6.45) is -0.514. The van der Waals surface area contributed by atoms with E-state index in [-0.39, 0.29) is 22.8 Å². The Morgan fingerprint density at radius 3 is 2.69 bits per heavy atom. The molecule has 0 bridgehead atoms. The van der Waals surface area contributed by atoms with E-state index in [4.69, 9.17) is 32.4 Å². The van der Waals surface area contributed by atoms with Crippen molar-refractivity contribution in [1.29, 1.82) is 0 Å². The van der Waals surface area contributed by atoms with Crippen LogP contribution in [0.4, 0.5) is 5.69 Å². The Bertz CT molecular complexity index is 1030. The monoisotopic (exact) mass is 451 g/mol. The van der Waals surface area contributed by atoms with Gasteiger partial charge in [-0.25, -0.2) is 0 Å². The van der Waals surface area contributed by atoms with Crippen LogP contribution >= 0.6 is 35.0 Å². The predicted molar refractivity (Wildman–Crippen MR) is 115 cm³/mol. The second-order valence-electron chi connectivity index (χ2n) is 6.38. The largest absolute Gasteiger partial charge is 0.479 e. The summed E-state index contributed by atoms with van der Waals surface area (Å²) < 4.78 is 11.3. The molecule has 0 saturated carbocycles. The van der Waals surface area contributed by atoms with Gasteiger partial charge in [-0.1, -0.05) is 41.0 Å². The molecule has 0 spiro atoms. The van der Waals surface area contributed by atoms with Crippen molar-refractivity contribution in [3.63, 3.8) is 0 Å². The number of thioether (sulfide) groups is 1. The van der Waals surface area contributed by atoms with Crippen LogP contribution in [0.5, 0.6) is 5.75 Å². The zero-order chi connectivity index (χ0) is 21.0.